The van der Waals surface area contributed by atoms with E-state index in [9.17, 15) is 19.2 Å². The van der Waals surface area contributed by atoms with E-state index >= 15 is 0 Å². The van der Waals surface area contributed by atoms with E-state index in [4.69, 9.17) is 14.0 Å². The number of piperidine rings is 2. The average Bonchev–Trinajstić information content (AvgIpc) is 3.61. The first-order valence-electron chi connectivity index (χ1n) is 13.7. The lowest BCUT2D eigenvalue weighted by Crippen LogP contribution is -2.52. The fraction of sp³-hybridized carbons (Fsp3) is 0.367. The number of imide groups is 1. The van der Waals surface area contributed by atoms with Crippen LogP contribution in [0.3, 0.4) is 0 Å². The maximum atomic E-state index is 13.4. The lowest BCUT2D eigenvalue weighted by molar-refractivity contribution is -0.136. The molecule has 11 heteroatoms. The summed E-state index contributed by atoms with van der Waals surface area (Å²) in [5.41, 5.74) is 2.33. The zero-order valence-corrected chi connectivity index (χ0v) is 22.6. The van der Waals surface area contributed by atoms with E-state index in [-0.39, 0.29) is 42.4 Å². The molecule has 1 aromatic heterocycles. The number of carbonyl (C=O) groups excluding carboxylic acids is 4. The summed E-state index contributed by atoms with van der Waals surface area (Å²) in [5.74, 6) is 0.616. The number of rotatable bonds is 7. The molecule has 3 aliphatic heterocycles. The summed E-state index contributed by atoms with van der Waals surface area (Å²) in [6, 6.07) is 13.4. The molecule has 0 radical (unpaired) electrons. The monoisotopic (exact) mass is 558 g/mol. The molecule has 6 rings (SSSR count). The molecule has 3 aliphatic rings. The van der Waals surface area contributed by atoms with E-state index < -0.39 is 11.9 Å². The molecule has 1 unspecified atom stereocenters. The van der Waals surface area contributed by atoms with Crippen LogP contribution in [0.4, 0.5) is 0 Å². The minimum absolute atomic E-state index is 0.146. The SMILES string of the molecule is COc1ccc(-c2cc(C(=O)N3CCCC[C@@H]3COc3ccc4c(c3)CN(C3CCC(=O)NC3=O)C4=O)no2)cc1. The summed E-state index contributed by atoms with van der Waals surface area (Å²) < 4.78 is 16.8. The molecule has 0 aliphatic carbocycles. The number of carbonyl (C=O) groups is 4. The van der Waals surface area contributed by atoms with Crippen molar-refractivity contribution in [1.82, 2.24) is 20.3 Å². The van der Waals surface area contributed by atoms with Crippen molar-refractivity contribution in [3.63, 3.8) is 0 Å². The van der Waals surface area contributed by atoms with Gasteiger partial charge >= 0.3 is 0 Å². The molecule has 0 saturated carbocycles. The highest BCUT2D eigenvalue weighted by molar-refractivity contribution is 6.05. The highest BCUT2D eigenvalue weighted by Gasteiger charge is 2.39. The van der Waals surface area contributed by atoms with Crippen LogP contribution in [-0.2, 0) is 16.1 Å². The first kappa shape index (κ1) is 26.5. The third-order valence-corrected chi connectivity index (χ3v) is 7.93. The highest BCUT2D eigenvalue weighted by Crippen LogP contribution is 2.31. The summed E-state index contributed by atoms with van der Waals surface area (Å²) in [6.07, 6.45) is 3.18. The molecule has 1 N–H and O–H groups in total. The molecule has 2 saturated heterocycles. The Balaban J connectivity index is 1.11. The summed E-state index contributed by atoms with van der Waals surface area (Å²) >= 11 is 0. The number of ether oxygens (including phenoxy) is 2. The number of aromatic nitrogens is 1. The second-order valence-corrected chi connectivity index (χ2v) is 10.5. The predicted octanol–water partition coefficient (Wildman–Crippen LogP) is 3.18. The molecule has 4 heterocycles. The molecule has 3 aromatic rings. The van der Waals surface area contributed by atoms with Gasteiger partial charge in [-0.15, -0.1) is 0 Å². The van der Waals surface area contributed by atoms with Crippen molar-refractivity contribution in [3.8, 4) is 22.8 Å². The molecular formula is C30H30N4O7. The topological polar surface area (TPSA) is 131 Å². The van der Waals surface area contributed by atoms with Gasteiger partial charge < -0.3 is 23.8 Å². The number of methoxy groups -OCH3 is 1. The minimum atomic E-state index is -0.666. The van der Waals surface area contributed by atoms with Gasteiger partial charge in [-0.2, -0.15) is 0 Å². The second-order valence-electron chi connectivity index (χ2n) is 10.5. The van der Waals surface area contributed by atoms with Crippen molar-refractivity contribution in [2.24, 2.45) is 0 Å². The summed E-state index contributed by atoms with van der Waals surface area (Å²) in [7, 11) is 1.60. The van der Waals surface area contributed by atoms with Gasteiger partial charge in [0.15, 0.2) is 11.5 Å². The Bertz CT molecular complexity index is 1500. The van der Waals surface area contributed by atoms with Crippen LogP contribution in [0.25, 0.3) is 11.3 Å². The van der Waals surface area contributed by atoms with E-state index in [1.54, 1.807) is 30.2 Å². The van der Waals surface area contributed by atoms with Crippen LogP contribution in [0, 0.1) is 0 Å². The number of likely N-dealkylation sites (tertiary alicyclic amines) is 1. The molecule has 11 nitrogen and oxygen atoms in total. The van der Waals surface area contributed by atoms with Crippen LogP contribution in [0.5, 0.6) is 11.5 Å². The Morgan fingerprint density at radius 3 is 2.63 bits per heavy atom. The van der Waals surface area contributed by atoms with E-state index in [2.05, 4.69) is 10.5 Å². The molecule has 4 amide bonds. The normalized spacial score (nSPS) is 20.6. The fourth-order valence-corrected chi connectivity index (χ4v) is 5.69. The van der Waals surface area contributed by atoms with Crippen molar-refractivity contribution < 1.29 is 33.2 Å². The number of hydrogen-bond acceptors (Lipinski definition) is 8. The Morgan fingerprint density at radius 1 is 1.05 bits per heavy atom. The summed E-state index contributed by atoms with van der Waals surface area (Å²) in [4.78, 5) is 53.5. The van der Waals surface area contributed by atoms with Crippen molar-refractivity contribution in [2.45, 2.75) is 50.7 Å². The Morgan fingerprint density at radius 2 is 1.85 bits per heavy atom. The predicted molar refractivity (Wildman–Crippen MR) is 145 cm³/mol. The van der Waals surface area contributed by atoms with Gasteiger partial charge in [0.2, 0.25) is 11.8 Å². The third-order valence-electron chi connectivity index (χ3n) is 7.93. The molecular weight excluding hydrogens is 528 g/mol. The molecule has 0 spiro atoms. The number of nitrogens with zero attached hydrogens (tertiary/aromatic N) is 3. The van der Waals surface area contributed by atoms with Crippen molar-refractivity contribution in [2.75, 3.05) is 20.3 Å². The summed E-state index contributed by atoms with van der Waals surface area (Å²) in [6.45, 7) is 1.16. The molecule has 2 fully saturated rings. The zero-order valence-electron chi connectivity index (χ0n) is 22.6. The van der Waals surface area contributed by atoms with Crippen LogP contribution in [0.1, 0.15) is 58.5 Å². The molecule has 2 atom stereocenters. The smallest absolute Gasteiger partial charge is 0.276 e. The van der Waals surface area contributed by atoms with E-state index in [0.29, 0.717) is 36.6 Å². The van der Waals surface area contributed by atoms with Crippen LogP contribution in [-0.4, -0.2) is 70.9 Å². The second kappa shape index (κ2) is 11.1. The van der Waals surface area contributed by atoms with Crippen molar-refractivity contribution in [3.05, 3.63) is 65.4 Å². The average molecular weight is 559 g/mol. The van der Waals surface area contributed by atoms with Crippen molar-refractivity contribution >= 4 is 23.6 Å². The van der Waals surface area contributed by atoms with Crippen molar-refractivity contribution in [1.29, 1.82) is 0 Å². The molecule has 41 heavy (non-hydrogen) atoms. The Kier molecular flexibility index (Phi) is 7.17. The van der Waals surface area contributed by atoms with Gasteiger partial charge in [0.1, 0.15) is 24.1 Å². The maximum absolute atomic E-state index is 13.4. The van der Waals surface area contributed by atoms with Gasteiger partial charge in [-0.25, -0.2) is 0 Å². The van der Waals surface area contributed by atoms with Gasteiger partial charge in [-0.1, -0.05) is 5.16 Å². The lowest BCUT2D eigenvalue weighted by atomic mass is 10.0. The lowest BCUT2D eigenvalue weighted by Gasteiger charge is -2.35. The first-order valence-corrected chi connectivity index (χ1v) is 13.7. The number of hydrogen-bond donors (Lipinski definition) is 1. The largest absolute Gasteiger partial charge is 0.497 e. The summed E-state index contributed by atoms with van der Waals surface area (Å²) in [5, 5.41) is 6.36. The zero-order chi connectivity index (χ0) is 28.5. The molecule has 212 valence electrons. The number of nitrogens with one attached hydrogen (secondary N) is 1. The van der Waals surface area contributed by atoms with Gasteiger partial charge in [0.25, 0.3) is 11.8 Å². The number of amides is 4. The van der Waals surface area contributed by atoms with Crippen LogP contribution in [0.2, 0.25) is 0 Å². The van der Waals surface area contributed by atoms with Gasteiger partial charge in [-0.3, -0.25) is 24.5 Å². The van der Waals surface area contributed by atoms with Gasteiger partial charge in [-0.05, 0) is 73.7 Å². The Labute approximate surface area is 236 Å². The maximum Gasteiger partial charge on any atom is 0.276 e. The van der Waals surface area contributed by atoms with E-state index in [1.807, 2.05) is 30.3 Å². The first-order chi connectivity index (χ1) is 19.9. The fourth-order valence-electron chi connectivity index (χ4n) is 5.69. The van der Waals surface area contributed by atoms with Crippen LogP contribution in [0.15, 0.2) is 53.1 Å². The number of benzene rings is 2. The number of fused-ring (bicyclic) bond motifs is 1. The molecule has 2 aromatic carbocycles. The minimum Gasteiger partial charge on any atom is -0.497 e. The van der Waals surface area contributed by atoms with Crippen LogP contribution < -0.4 is 14.8 Å². The highest BCUT2D eigenvalue weighted by atomic mass is 16.5. The van der Waals surface area contributed by atoms with Gasteiger partial charge in [0.05, 0.1) is 13.2 Å². The van der Waals surface area contributed by atoms with E-state index in [0.717, 1.165) is 36.1 Å². The van der Waals surface area contributed by atoms with Gasteiger partial charge in [0, 0.05) is 36.7 Å². The molecule has 0 bridgehead atoms. The van der Waals surface area contributed by atoms with E-state index in [1.165, 1.54) is 4.90 Å². The van der Waals surface area contributed by atoms with Crippen LogP contribution >= 0.6 is 0 Å². The third kappa shape index (κ3) is 5.27. The standard InChI is InChI=1S/C30H30N4O7/c1-39-21-7-5-18(6-8-21)26-15-24(32-41-26)30(38)33-13-3-2-4-20(33)17-40-22-9-10-23-19(14-22)16-34(29(23)37)25-11-12-27(35)31-28(25)36/h5-10,14-15,20,25H,2-4,11-13,16-17H2,1H3,(H,31,35,36)/t20-,25?/m1/s1. The quantitative estimate of drug-likeness (QED) is 0.438. The Hall–Kier alpha value is -4.67.